The topological polar surface area (TPSA) is 49.8 Å². The Morgan fingerprint density at radius 1 is 1.57 bits per heavy atom. The summed E-state index contributed by atoms with van der Waals surface area (Å²) in [5.41, 5.74) is 0. The molecule has 0 aliphatic heterocycles. The number of carbonyl (C=O) groups excluding carboxylic acids is 1. The highest BCUT2D eigenvalue weighted by Gasteiger charge is 2.18. The summed E-state index contributed by atoms with van der Waals surface area (Å²) in [5, 5.41) is 8.77. The van der Waals surface area contributed by atoms with Gasteiger partial charge in [0.2, 0.25) is 5.91 Å². The van der Waals surface area contributed by atoms with Gasteiger partial charge in [0.15, 0.2) is 0 Å². The molecule has 1 unspecified atom stereocenters. The Hall–Kier alpha value is -0.320. The molecule has 84 valence electrons. The van der Waals surface area contributed by atoms with Crippen LogP contribution in [0.2, 0.25) is 0 Å². The van der Waals surface area contributed by atoms with Gasteiger partial charge in [-0.2, -0.15) is 0 Å². The lowest BCUT2D eigenvalue weighted by Gasteiger charge is -2.23. The molecular formula is C9H18ClNO3. The minimum Gasteiger partial charge on any atom is -0.395 e. The van der Waals surface area contributed by atoms with Crippen molar-refractivity contribution in [2.75, 3.05) is 39.3 Å². The zero-order valence-electron chi connectivity index (χ0n) is 8.70. The second-order valence-corrected chi connectivity index (χ2v) is 3.41. The highest BCUT2D eigenvalue weighted by atomic mass is 35.5. The van der Waals surface area contributed by atoms with Gasteiger partial charge >= 0.3 is 0 Å². The quantitative estimate of drug-likeness (QED) is 0.633. The van der Waals surface area contributed by atoms with E-state index in [1.807, 2.05) is 0 Å². The Morgan fingerprint density at radius 2 is 2.21 bits per heavy atom. The molecule has 1 N–H and O–H groups in total. The molecular weight excluding hydrogens is 206 g/mol. The van der Waals surface area contributed by atoms with Crippen LogP contribution in [0.1, 0.15) is 6.92 Å². The highest BCUT2D eigenvalue weighted by Crippen LogP contribution is 2.04. The van der Waals surface area contributed by atoms with Crippen molar-refractivity contribution in [3.63, 3.8) is 0 Å². The molecule has 1 atom stereocenters. The fourth-order valence-corrected chi connectivity index (χ4v) is 1.16. The standard InChI is InChI=1S/C9H18ClNO3/c1-8(7-10)9(13)11(3-5-12)4-6-14-2/h8,12H,3-7H2,1-2H3. The van der Waals surface area contributed by atoms with Crippen LogP contribution in [0.4, 0.5) is 0 Å². The van der Waals surface area contributed by atoms with E-state index in [0.717, 1.165) is 0 Å². The zero-order chi connectivity index (χ0) is 11.0. The van der Waals surface area contributed by atoms with Gasteiger partial charge < -0.3 is 14.7 Å². The van der Waals surface area contributed by atoms with Crippen LogP contribution in [0, 0.1) is 5.92 Å². The van der Waals surface area contributed by atoms with E-state index >= 15 is 0 Å². The van der Waals surface area contributed by atoms with Crippen LogP contribution < -0.4 is 0 Å². The number of hydrogen-bond acceptors (Lipinski definition) is 3. The van der Waals surface area contributed by atoms with Gasteiger partial charge in [-0.05, 0) is 0 Å². The first-order valence-corrected chi connectivity index (χ1v) is 5.15. The second kappa shape index (κ2) is 8.03. The van der Waals surface area contributed by atoms with E-state index in [1.54, 1.807) is 18.9 Å². The molecule has 0 saturated carbocycles. The van der Waals surface area contributed by atoms with Crippen LogP contribution >= 0.6 is 11.6 Å². The molecule has 0 aromatic rings. The first kappa shape index (κ1) is 13.7. The monoisotopic (exact) mass is 223 g/mol. The van der Waals surface area contributed by atoms with Gasteiger partial charge in [0.25, 0.3) is 0 Å². The van der Waals surface area contributed by atoms with E-state index in [-0.39, 0.29) is 18.4 Å². The normalized spacial score (nSPS) is 12.6. The number of ether oxygens (including phenoxy) is 1. The SMILES string of the molecule is COCCN(CCO)C(=O)C(C)CCl. The first-order valence-electron chi connectivity index (χ1n) is 4.61. The summed E-state index contributed by atoms with van der Waals surface area (Å²) in [7, 11) is 1.58. The van der Waals surface area contributed by atoms with Crippen molar-refractivity contribution >= 4 is 17.5 Å². The summed E-state index contributed by atoms with van der Waals surface area (Å²) in [6.45, 7) is 3.04. The van der Waals surface area contributed by atoms with Crippen LogP contribution in [0.25, 0.3) is 0 Å². The molecule has 0 heterocycles. The highest BCUT2D eigenvalue weighted by molar-refractivity contribution is 6.19. The van der Waals surface area contributed by atoms with Gasteiger partial charge in [-0.25, -0.2) is 0 Å². The van der Waals surface area contributed by atoms with Crippen molar-refractivity contribution in [2.45, 2.75) is 6.92 Å². The average Bonchev–Trinajstić information content (AvgIpc) is 2.22. The number of nitrogens with zero attached hydrogens (tertiary/aromatic N) is 1. The van der Waals surface area contributed by atoms with Crippen molar-refractivity contribution in [3.05, 3.63) is 0 Å². The molecule has 14 heavy (non-hydrogen) atoms. The second-order valence-electron chi connectivity index (χ2n) is 3.10. The van der Waals surface area contributed by atoms with Crippen molar-refractivity contribution in [1.82, 2.24) is 4.90 Å². The van der Waals surface area contributed by atoms with Gasteiger partial charge in [-0.3, -0.25) is 4.79 Å². The number of rotatable bonds is 7. The predicted octanol–water partition coefficient (Wildman–Crippen LogP) is 0.329. The number of carbonyl (C=O) groups is 1. The third-order valence-electron chi connectivity index (χ3n) is 1.90. The number of alkyl halides is 1. The maximum atomic E-state index is 11.6. The number of amides is 1. The summed E-state index contributed by atoms with van der Waals surface area (Å²) >= 11 is 5.58. The number of hydrogen-bond donors (Lipinski definition) is 1. The fourth-order valence-electron chi connectivity index (χ4n) is 1.03. The molecule has 0 spiro atoms. The molecule has 5 heteroatoms. The van der Waals surface area contributed by atoms with Gasteiger partial charge in [0.05, 0.1) is 13.2 Å². The minimum atomic E-state index is -0.208. The van der Waals surface area contributed by atoms with Gasteiger partial charge in [-0.15, -0.1) is 11.6 Å². The summed E-state index contributed by atoms with van der Waals surface area (Å²) in [5.74, 6) is 0.0551. The number of aliphatic hydroxyl groups is 1. The molecule has 0 aliphatic rings. The fraction of sp³-hybridized carbons (Fsp3) is 0.889. The predicted molar refractivity (Wildman–Crippen MR) is 55.4 cm³/mol. The summed E-state index contributed by atoms with van der Waals surface area (Å²) in [6.07, 6.45) is 0. The summed E-state index contributed by atoms with van der Waals surface area (Å²) in [6, 6.07) is 0. The Morgan fingerprint density at radius 3 is 2.64 bits per heavy atom. The lowest BCUT2D eigenvalue weighted by Crippen LogP contribution is -2.39. The molecule has 0 rings (SSSR count). The maximum absolute atomic E-state index is 11.6. The maximum Gasteiger partial charge on any atom is 0.226 e. The molecule has 4 nitrogen and oxygen atoms in total. The molecule has 0 radical (unpaired) electrons. The van der Waals surface area contributed by atoms with Crippen LogP contribution in [0.3, 0.4) is 0 Å². The molecule has 0 aliphatic carbocycles. The van der Waals surface area contributed by atoms with E-state index in [1.165, 1.54) is 0 Å². The Bertz CT molecular complexity index is 166. The third-order valence-corrected chi connectivity index (χ3v) is 2.36. The lowest BCUT2D eigenvalue weighted by atomic mass is 10.2. The van der Waals surface area contributed by atoms with Gasteiger partial charge in [-0.1, -0.05) is 6.92 Å². The largest absolute Gasteiger partial charge is 0.395 e. The van der Waals surface area contributed by atoms with Gasteiger partial charge in [0.1, 0.15) is 0 Å². The van der Waals surface area contributed by atoms with E-state index in [2.05, 4.69) is 0 Å². The molecule has 0 saturated heterocycles. The van der Waals surface area contributed by atoms with Crippen LogP contribution in [0.15, 0.2) is 0 Å². The number of methoxy groups -OCH3 is 1. The zero-order valence-corrected chi connectivity index (χ0v) is 9.46. The van der Waals surface area contributed by atoms with Crippen molar-refractivity contribution in [3.8, 4) is 0 Å². The van der Waals surface area contributed by atoms with Crippen LogP contribution in [0.5, 0.6) is 0 Å². The smallest absolute Gasteiger partial charge is 0.226 e. The third kappa shape index (κ3) is 4.79. The Labute approximate surface area is 89.8 Å². The summed E-state index contributed by atoms with van der Waals surface area (Å²) < 4.78 is 4.87. The number of aliphatic hydroxyl groups excluding tert-OH is 1. The molecule has 0 aromatic heterocycles. The van der Waals surface area contributed by atoms with Gasteiger partial charge in [0, 0.05) is 32.0 Å². The molecule has 0 bridgehead atoms. The molecule has 0 fully saturated rings. The van der Waals surface area contributed by atoms with E-state index in [9.17, 15) is 4.79 Å². The first-order chi connectivity index (χ1) is 6.67. The molecule has 1 amide bonds. The Balaban J connectivity index is 4.10. The van der Waals surface area contributed by atoms with E-state index < -0.39 is 0 Å². The van der Waals surface area contributed by atoms with E-state index in [0.29, 0.717) is 25.6 Å². The molecule has 0 aromatic carbocycles. The van der Waals surface area contributed by atoms with Crippen LogP contribution in [-0.4, -0.2) is 55.2 Å². The van der Waals surface area contributed by atoms with Crippen molar-refractivity contribution in [1.29, 1.82) is 0 Å². The Kier molecular flexibility index (Phi) is 7.84. The van der Waals surface area contributed by atoms with Crippen molar-refractivity contribution < 1.29 is 14.6 Å². The lowest BCUT2D eigenvalue weighted by molar-refractivity contribution is -0.135. The summed E-state index contributed by atoms with van der Waals surface area (Å²) in [4.78, 5) is 13.2. The van der Waals surface area contributed by atoms with E-state index in [4.69, 9.17) is 21.4 Å². The minimum absolute atomic E-state index is 0.0360. The van der Waals surface area contributed by atoms with Crippen LogP contribution in [-0.2, 0) is 9.53 Å². The van der Waals surface area contributed by atoms with Crippen molar-refractivity contribution in [2.24, 2.45) is 5.92 Å². The number of halogens is 1. The average molecular weight is 224 g/mol.